The number of rotatable bonds is 1. The minimum atomic E-state index is -0.642. The zero-order valence-electron chi connectivity index (χ0n) is 6.93. The van der Waals surface area contributed by atoms with Crippen LogP contribution in [-0.2, 0) is 0 Å². The number of furan rings is 1. The van der Waals surface area contributed by atoms with Crippen LogP contribution in [0.25, 0.3) is 11.3 Å². The van der Waals surface area contributed by atoms with Gasteiger partial charge in [-0.3, -0.25) is 0 Å². The maximum Gasteiger partial charge on any atom is 0.141 e. The van der Waals surface area contributed by atoms with E-state index >= 15 is 0 Å². The minimum Gasteiger partial charge on any atom is -0.464 e. The second-order valence-electron chi connectivity index (χ2n) is 2.73. The van der Waals surface area contributed by atoms with Crippen molar-refractivity contribution in [3.05, 3.63) is 46.6 Å². The second-order valence-corrected chi connectivity index (χ2v) is 3.52. The van der Waals surface area contributed by atoms with Crippen LogP contribution in [0.1, 0.15) is 0 Å². The van der Waals surface area contributed by atoms with Crippen molar-refractivity contribution in [1.29, 1.82) is 0 Å². The van der Waals surface area contributed by atoms with Crippen molar-refractivity contribution in [2.24, 2.45) is 0 Å². The topological polar surface area (TPSA) is 13.1 Å². The van der Waals surface area contributed by atoms with Gasteiger partial charge >= 0.3 is 0 Å². The molecule has 2 rings (SSSR count). The molecule has 0 fully saturated rings. The summed E-state index contributed by atoms with van der Waals surface area (Å²) in [5, 5.41) is 0. The summed E-state index contributed by atoms with van der Waals surface area (Å²) in [6, 6.07) is 5.33. The predicted octanol–water partition coefficient (Wildman–Crippen LogP) is 3.99. The molecule has 1 nitrogen and oxygen atoms in total. The fourth-order valence-corrected chi connectivity index (χ4v) is 1.59. The molecule has 0 spiro atoms. The van der Waals surface area contributed by atoms with Gasteiger partial charge in [0.2, 0.25) is 0 Å². The molecule has 1 aromatic carbocycles. The minimum absolute atomic E-state index is 0.203. The first-order chi connectivity index (χ1) is 6.68. The summed E-state index contributed by atoms with van der Waals surface area (Å²) in [5.74, 6) is -0.844. The Morgan fingerprint density at radius 3 is 2.64 bits per heavy atom. The van der Waals surface area contributed by atoms with Crippen molar-refractivity contribution in [2.75, 3.05) is 0 Å². The van der Waals surface area contributed by atoms with Gasteiger partial charge in [-0.05, 0) is 34.1 Å². The number of hydrogen-bond donors (Lipinski definition) is 0. The normalized spacial score (nSPS) is 10.5. The van der Waals surface area contributed by atoms with Crippen LogP contribution in [0, 0.1) is 11.6 Å². The molecule has 1 aromatic heterocycles. The Hall–Kier alpha value is -1.16. The Balaban J connectivity index is 2.64. The molecule has 0 aliphatic heterocycles. The van der Waals surface area contributed by atoms with E-state index in [1.54, 1.807) is 12.1 Å². The molecule has 0 atom stereocenters. The summed E-state index contributed by atoms with van der Waals surface area (Å²) in [6.07, 6.45) is 1.45. The third-order valence-corrected chi connectivity index (χ3v) is 2.59. The van der Waals surface area contributed by atoms with Crippen molar-refractivity contribution in [3.63, 3.8) is 0 Å². The lowest BCUT2D eigenvalue weighted by atomic mass is 10.1. The van der Waals surface area contributed by atoms with E-state index in [-0.39, 0.29) is 4.47 Å². The summed E-state index contributed by atoms with van der Waals surface area (Å²) in [6.45, 7) is 0. The van der Waals surface area contributed by atoms with Crippen molar-refractivity contribution in [3.8, 4) is 11.3 Å². The molecule has 2 aromatic rings. The van der Waals surface area contributed by atoms with E-state index in [0.29, 0.717) is 11.3 Å². The van der Waals surface area contributed by atoms with Crippen LogP contribution < -0.4 is 0 Å². The fraction of sp³-hybridized carbons (Fsp3) is 0. The van der Waals surface area contributed by atoms with Crippen molar-refractivity contribution in [1.82, 2.24) is 0 Å². The first-order valence-electron chi connectivity index (χ1n) is 3.87. The summed E-state index contributed by atoms with van der Waals surface area (Å²) in [5.41, 5.74) is 0.368. The first kappa shape index (κ1) is 9.40. The highest BCUT2D eigenvalue weighted by atomic mass is 79.9. The smallest absolute Gasteiger partial charge is 0.141 e. The summed E-state index contributed by atoms with van der Waals surface area (Å²) in [4.78, 5) is 0. The third-order valence-electron chi connectivity index (χ3n) is 1.78. The maximum absolute atomic E-state index is 13.1. The van der Waals surface area contributed by atoms with E-state index < -0.39 is 11.6 Å². The van der Waals surface area contributed by atoms with E-state index in [1.165, 1.54) is 12.3 Å². The molecular weight excluding hydrogens is 254 g/mol. The SMILES string of the molecule is Fc1cc(F)c(Br)c(-c2ccco2)c1. The Morgan fingerprint density at radius 2 is 2.00 bits per heavy atom. The highest BCUT2D eigenvalue weighted by molar-refractivity contribution is 9.10. The summed E-state index contributed by atoms with van der Waals surface area (Å²) in [7, 11) is 0. The fourth-order valence-electron chi connectivity index (χ4n) is 1.17. The van der Waals surface area contributed by atoms with Gasteiger partial charge in [0.1, 0.15) is 17.4 Å². The van der Waals surface area contributed by atoms with Gasteiger partial charge in [0, 0.05) is 11.6 Å². The molecule has 0 aliphatic carbocycles. The van der Waals surface area contributed by atoms with Crippen LogP contribution in [0.2, 0.25) is 0 Å². The number of halogens is 3. The highest BCUT2D eigenvalue weighted by Gasteiger charge is 2.12. The second kappa shape index (κ2) is 3.53. The molecule has 0 saturated heterocycles. The van der Waals surface area contributed by atoms with E-state index in [4.69, 9.17) is 4.42 Å². The van der Waals surface area contributed by atoms with Crippen molar-refractivity contribution < 1.29 is 13.2 Å². The van der Waals surface area contributed by atoms with Crippen LogP contribution in [0.4, 0.5) is 8.78 Å². The standard InChI is InChI=1S/C10H5BrF2O/c11-10-7(9-2-1-3-14-9)4-6(12)5-8(10)13/h1-5H. The zero-order valence-corrected chi connectivity index (χ0v) is 8.51. The predicted molar refractivity (Wildman–Crippen MR) is 51.8 cm³/mol. The van der Waals surface area contributed by atoms with Crippen molar-refractivity contribution >= 4 is 15.9 Å². The molecule has 0 saturated carbocycles. The molecule has 0 aliphatic rings. The first-order valence-corrected chi connectivity index (χ1v) is 4.66. The summed E-state index contributed by atoms with van der Waals surface area (Å²) < 4.78 is 31.3. The lowest BCUT2D eigenvalue weighted by molar-refractivity contribution is 0.565. The summed E-state index contributed by atoms with van der Waals surface area (Å²) >= 11 is 3.03. The van der Waals surface area contributed by atoms with Gasteiger partial charge in [0.05, 0.1) is 10.7 Å². The molecule has 0 N–H and O–H groups in total. The largest absolute Gasteiger partial charge is 0.464 e. The Bertz CT molecular complexity index is 451. The molecule has 0 unspecified atom stereocenters. The number of hydrogen-bond acceptors (Lipinski definition) is 1. The van der Waals surface area contributed by atoms with Gasteiger partial charge in [-0.2, -0.15) is 0 Å². The molecule has 0 amide bonds. The van der Waals surface area contributed by atoms with Crippen LogP contribution in [0.5, 0.6) is 0 Å². The van der Waals surface area contributed by atoms with E-state index in [0.717, 1.165) is 6.07 Å². The van der Waals surface area contributed by atoms with Gasteiger partial charge in [-0.15, -0.1) is 0 Å². The van der Waals surface area contributed by atoms with Gasteiger partial charge < -0.3 is 4.42 Å². The molecular formula is C10H5BrF2O. The van der Waals surface area contributed by atoms with Crippen molar-refractivity contribution in [2.45, 2.75) is 0 Å². The Kier molecular flexibility index (Phi) is 2.37. The monoisotopic (exact) mass is 258 g/mol. The van der Waals surface area contributed by atoms with E-state index in [1.807, 2.05) is 0 Å². The molecule has 0 bridgehead atoms. The Labute approximate surface area is 87.5 Å². The average molecular weight is 259 g/mol. The molecule has 14 heavy (non-hydrogen) atoms. The number of benzene rings is 1. The Morgan fingerprint density at radius 1 is 1.21 bits per heavy atom. The van der Waals surface area contributed by atoms with Crippen LogP contribution >= 0.6 is 15.9 Å². The molecule has 4 heteroatoms. The van der Waals surface area contributed by atoms with Crippen LogP contribution in [0.15, 0.2) is 39.4 Å². The maximum atomic E-state index is 13.1. The van der Waals surface area contributed by atoms with E-state index in [9.17, 15) is 8.78 Å². The lowest BCUT2D eigenvalue weighted by Gasteiger charge is -2.02. The van der Waals surface area contributed by atoms with Crippen LogP contribution in [0.3, 0.4) is 0 Å². The van der Waals surface area contributed by atoms with Gasteiger partial charge in [-0.1, -0.05) is 0 Å². The highest BCUT2D eigenvalue weighted by Crippen LogP contribution is 2.31. The molecule has 0 radical (unpaired) electrons. The lowest BCUT2D eigenvalue weighted by Crippen LogP contribution is -1.86. The molecule has 1 heterocycles. The van der Waals surface area contributed by atoms with Crippen LogP contribution in [-0.4, -0.2) is 0 Å². The third kappa shape index (κ3) is 1.57. The van der Waals surface area contributed by atoms with E-state index in [2.05, 4.69) is 15.9 Å². The van der Waals surface area contributed by atoms with Gasteiger partial charge in [0.15, 0.2) is 0 Å². The van der Waals surface area contributed by atoms with Gasteiger partial charge in [-0.25, -0.2) is 8.78 Å². The zero-order chi connectivity index (χ0) is 10.1. The molecule has 72 valence electrons. The average Bonchev–Trinajstić information content (AvgIpc) is 2.63. The van der Waals surface area contributed by atoms with Gasteiger partial charge in [0.25, 0.3) is 0 Å². The quantitative estimate of drug-likeness (QED) is 0.706.